The number of nitrogens with one attached hydrogen (secondary N) is 1. The van der Waals surface area contributed by atoms with Gasteiger partial charge in [-0.1, -0.05) is 27.2 Å². The molecule has 1 aliphatic carbocycles. The standard InChI is InChI=1S/C17H30N4/c1-7-21(11-13-9-8-10-13)15-12(2)14(18-6)19-16(20-15)17(3,4)5/h13H,7-11H2,1-6H3,(H,18,19,20). The van der Waals surface area contributed by atoms with Gasteiger partial charge < -0.3 is 10.2 Å². The van der Waals surface area contributed by atoms with Crippen LogP contribution >= 0.6 is 0 Å². The summed E-state index contributed by atoms with van der Waals surface area (Å²) in [7, 11) is 1.94. The molecule has 0 saturated heterocycles. The van der Waals surface area contributed by atoms with Crippen LogP contribution in [0.1, 0.15) is 58.3 Å². The second-order valence-electron chi connectivity index (χ2n) is 7.18. The van der Waals surface area contributed by atoms with E-state index in [0.717, 1.165) is 42.0 Å². The van der Waals surface area contributed by atoms with E-state index in [1.807, 2.05) is 7.05 Å². The maximum absolute atomic E-state index is 4.91. The lowest BCUT2D eigenvalue weighted by Crippen LogP contribution is -2.34. The maximum atomic E-state index is 4.91. The summed E-state index contributed by atoms with van der Waals surface area (Å²) in [4.78, 5) is 12.0. The molecular formula is C17H30N4. The molecule has 2 rings (SSSR count). The van der Waals surface area contributed by atoms with Gasteiger partial charge in [-0.15, -0.1) is 0 Å². The first-order valence-corrected chi connectivity index (χ1v) is 8.18. The van der Waals surface area contributed by atoms with Crippen LogP contribution in [0.25, 0.3) is 0 Å². The smallest absolute Gasteiger partial charge is 0.138 e. The molecule has 1 N–H and O–H groups in total. The number of rotatable bonds is 5. The monoisotopic (exact) mass is 290 g/mol. The lowest BCUT2D eigenvalue weighted by atomic mass is 9.85. The Morgan fingerprint density at radius 3 is 2.33 bits per heavy atom. The van der Waals surface area contributed by atoms with E-state index in [0.29, 0.717) is 0 Å². The Bertz CT molecular complexity index is 486. The van der Waals surface area contributed by atoms with Crippen LogP contribution < -0.4 is 10.2 Å². The molecule has 1 fully saturated rings. The summed E-state index contributed by atoms with van der Waals surface area (Å²) < 4.78 is 0. The Kier molecular flexibility index (Phi) is 4.74. The van der Waals surface area contributed by atoms with Gasteiger partial charge in [0.05, 0.1) is 0 Å². The van der Waals surface area contributed by atoms with E-state index in [4.69, 9.17) is 9.97 Å². The molecule has 4 nitrogen and oxygen atoms in total. The summed E-state index contributed by atoms with van der Waals surface area (Å²) in [6.07, 6.45) is 4.12. The fourth-order valence-corrected chi connectivity index (χ4v) is 2.74. The summed E-state index contributed by atoms with van der Waals surface area (Å²) in [5.74, 6) is 3.82. The van der Waals surface area contributed by atoms with Gasteiger partial charge in [-0.2, -0.15) is 0 Å². The van der Waals surface area contributed by atoms with Crippen molar-refractivity contribution in [3.63, 3.8) is 0 Å². The maximum Gasteiger partial charge on any atom is 0.138 e. The molecule has 1 aliphatic rings. The zero-order valence-corrected chi connectivity index (χ0v) is 14.5. The minimum atomic E-state index is -0.0378. The number of nitrogens with zero attached hydrogens (tertiary/aromatic N) is 3. The molecule has 0 bridgehead atoms. The van der Waals surface area contributed by atoms with Crippen molar-refractivity contribution < 1.29 is 0 Å². The molecule has 0 amide bonds. The van der Waals surface area contributed by atoms with Crippen molar-refractivity contribution in [3.05, 3.63) is 11.4 Å². The molecule has 1 heterocycles. The molecule has 0 atom stereocenters. The van der Waals surface area contributed by atoms with Crippen LogP contribution in [0, 0.1) is 12.8 Å². The predicted molar refractivity (Wildman–Crippen MR) is 90.2 cm³/mol. The number of hydrogen-bond acceptors (Lipinski definition) is 4. The van der Waals surface area contributed by atoms with Gasteiger partial charge in [0.2, 0.25) is 0 Å². The van der Waals surface area contributed by atoms with Crippen molar-refractivity contribution >= 4 is 11.6 Å². The van der Waals surface area contributed by atoms with E-state index < -0.39 is 0 Å². The van der Waals surface area contributed by atoms with Crippen LogP contribution in [0.4, 0.5) is 11.6 Å². The normalized spacial score (nSPS) is 15.7. The van der Waals surface area contributed by atoms with Gasteiger partial charge >= 0.3 is 0 Å². The van der Waals surface area contributed by atoms with E-state index in [1.54, 1.807) is 0 Å². The van der Waals surface area contributed by atoms with Gasteiger partial charge in [0.15, 0.2) is 0 Å². The van der Waals surface area contributed by atoms with Crippen molar-refractivity contribution in [1.29, 1.82) is 0 Å². The summed E-state index contributed by atoms with van der Waals surface area (Å²) in [6.45, 7) is 13.0. The Labute approximate surface area is 129 Å². The minimum Gasteiger partial charge on any atom is -0.373 e. The van der Waals surface area contributed by atoms with E-state index >= 15 is 0 Å². The second-order valence-corrected chi connectivity index (χ2v) is 7.18. The van der Waals surface area contributed by atoms with Crippen LogP contribution in [0.15, 0.2) is 0 Å². The second kappa shape index (κ2) is 6.20. The largest absolute Gasteiger partial charge is 0.373 e. The molecule has 118 valence electrons. The van der Waals surface area contributed by atoms with Crippen molar-refractivity contribution in [3.8, 4) is 0 Å². The average Bonchev–Trinajstić information content (AvgIpc) is 2.37. The Hall–Kier alpha value is -1.32. The highest BCUT2D eigenvalue weighted by Gasteiger charge is 2.25. The first-order chi connectivity index (χ1) is 9.86. The fraction of sp³-hybridized carbons (Fsp3) is 0.765. The quantitative estimate of drug-likeness (QED) is 0.896. The minimum absolute atomic E-state index is 0.0378. The Morgan fingerprint density at radius 2 is 1.90 bits per heavy atom. The van der Waals surface area contributed by atoms with Crippen LogP contribution in [-0.4, -0.2) is 30.1 Å². The van der Waals surface area contributed by atoms with Crippen LogP contribution in [-0.2, 0) is 5.41 Å². The van der Waals surface area contributed by atoms with Crippen LogP contribution in [0.5, 0.6) is 0 Å². The van der Waals surface area contributed by atoms with Gasteiger partial charge in [0, 0.05) is 31.1 Å². The van der Waals surface area contributed by atoms with Gasteiger partial charge in [-0.05, 0) is 32.6 Å². The topological polar surface area (TPSA) is 41.1 Å². The third-order valence-corrected chi connectivity index (χ3v) is 4.41. The molecule has 1 saturated carbocycles. The summed E-state index contributed by atoms with van der Waals surface area (Å²) >= 11 is 0. The molecule has 0 aliphatic heterocycles. The lowest BCUT2D eigenvalue weighted by molar-refractivity contribution is 0.318. The SMILES string of the molecule is CCN(CC1CCC1)c1nc(C(C)(C)C)nc(NC)c1C. The van der Waals surface area contributed by atoms with Crippen molar-refractivity contribution in [2.75, 3.05) is 30.4 Å². The summed E-state index contributed by atoms with van der Waals surface area (Å²) in [5.41, 5.74) is 1.12. The third-order valence-electron chi connectivity index (χ3n) is 4.41. The summed E-state index contributed by atoms with van der Waals surface area (Å²) in [5, 5.41) is 3.23. The first-order valence-electron chi connectivity index (χ1n) is 8.18. The molecule has 1 aromatic heterocycles. The molecule has 0 unspecified atom stereocenters. The Balaban J connectivity index is 2.38. The zero-order chi connectivity index (χ0) is 15.6. The van der Waals surface area contributed by atoms with Gasteiger partial charge in [-0.25, -0.2) is 9.97 Å². The van der Waals surface area contributed by atoms with E-state index in [1.165, 1.54) is 19.3 Å². The number of aromatic nitrogens is 2. The number of hydrogen-bond donors (Lipinski definition) is 1. The van der Waals surface area contributed by atoms with Crippen LogP contribution in [0.3, 0.4) is 0 Å². The molecule has 1 aromatic rings. The van der Waals surface area contributed by atoms with Crippen LogP contribution in [0.2, 0.25) is 0 Å². The number of anilines is 2. The first kappa shape index (κ1) is 16.1. The highest BCUT2D eigenvalue weighted by atomic mass is 15.2. The zero-order valence-electron chi connectivity index (χ0n) is 14.5. The van der Waals surface area contributed by atoms with Crippen molar-refractivity contribution in [2.24, 2.45) is 5.92 Å². The molecule has 0 spiro atoms. The molecule has 4 heteroatoms. The third kappa shape index (κ3) is 3.47. The highest BCUT2D eigenvalue weighted by molar-refractivity contribution is 5.58. The molecule has 0 radical (unpaired) electrons. The molecule has 0 aromatic carbocycles. The lowest BCUT2D eigenvalue weighted by Gasteiger charge is -2.34. The van der Waals surface area contributed by atoms with Gasteiger partial charge in [0.1, 0.15) is 17.5 Å². The van der Waals surface area contributed by atoms with Crippen molar-refractivity contribution in [1.82, 2.24) is 9.97 Å². The molecule has 21 heavy (non-hydrogen) atoms. The fourth-order valence-electron chi connectivity index (χ4n) is 2.74. The van der Waals surface area contributed by atoms with Crippen molar-refractivity contribution in [2.45, 2.75) is 59.3 Å². The van der Waals surface area contributed by atoms with Gasteiger partial charge in [-0.3, -0.25) is 0 Å². The van der Waals surface area contributed by atoms with Gasteiger partial charge in [0.25, 0.3) is 0 Å². The van der Waals surface area contributed by atoms with E-state index in [-0.39, 0.29) is 5.41 Å². The summed E-state index contributed by atoms with van der Waals surface area (Å²) in [6, 6.07) is 0. The molecular weight excluding hydrogens is 260 g/mol. The predicted octanol–water partition coefficient (Wildman–Crippen LogP) is 3.75. The Morgan fingerprint density at radius 1 is 1.24 bits per heavy atom. The average molecular weight is 290 g/mol. The van der Waals surface area contributed by atoms with E-state index in [9.17, 15) is 0 Å². The van der Waals surface area contributed by atoms with E-state index in [2.05, 4.69) is 44.8 Å². The highest BCUT2D eigenvalue weighted by Crippen LogP contribution is 2.32.